The summed E-state index contributed by atoms with van der Waals surface area (Å²) < 4.78 is 0. The van der Waals surface area contributed by atoms with Crippen molar-refractivity contribution in [2.45, 2.75) is 18.3 Å². The second kappa shape index (κ2) is 3.38. The highest BCUT2D eigenvalue weighted by Crippen LogP contribution is 2.47. The summed E-state index contributed by atoms with van der Waals surface area (Å²) in [6.45, 7) is 0. The van der Waals surface area contributed by atoms with Crippen LogP contribution < -0.4 is 5.73 Å². The highest BCUT2D eigenvalue weighted by atomic mass is 35.5. The van der Waals surface area contributed by atoms with E-state index in [-0.39, 0.29) is 17.8 Å². The van der Waals surface area contributed by atoms with E-state index in [0.717, 1.165) is 12.8 Å². The van der Waals surface area contributed by atoms with Crippen molar-refractivity contribution in [3.05, 3.63) is 35.9 Å². The molecule has 2 rings (SSSR count). The van der Waals surface area contributed by atoms with Crippen LogP contribution in [0.25, 0.3) is 0 Å². The molecule has 1 aliphatic rings. The third-order valence-corrected chi connectivity index (χ3v) is 2.59. The van der Waals surface area contributed by atoms with Crippen LogP contribution in [-0.4, -0.2) is 5.84 Å². The van der Waals surface area contributed by atoms with Crippen molar-refractivity contribution >= 4 is 18.2 Å². The van der Waals surface area contributed by atoms with E-state index in [4.69, 9.17) is 11.1 Å². The molecule has 1 aliphatic carbocycles. The van der Waals surface area contributed by atoms with Crippen LogP contribution in [0.4, 0.5) is 0 Å². The molecule has 0 atom stereocenters. The number of halogens is 1. The van der Waals surface area contributed by atoms with E-state index in [9.17, 15) is 0 Å². The van der Waals surface area contributed by atoms with Crippen LogP contribution >= 0.6 is 12.4 Å². The molecule has 0 spiro atoms. The van der Waals surface area contributed by atoms with E-state index in [2.05, 4.69) is 12.1 Å². The van der Waals surface area contributed by atoms with Crippen molar-refractivity contribution in [1.82, 2.24) is 0 Å². The smallest absolute Gasteiger partial charge is 0.101 e. The average molecular weight is 197 g/mol. The van der Waals surface area contributed by atoms with Crippen molar-refractivity contribution in [2.24, 2.45) is 5.73 Å². The Balaban J connectivity index is 0.000000845. The lowest BCUT2D eigenvalue weighted by Gasteiger charge is -2.12. The van der Waals surface area contributed by atoms with Crippen molar-refractivity contribution in [1.29, 1.82) is 5.41 Å². The maximum atomic E-state index is 7.47. The number of hydrogen-bond donors (Lipinski definition) is 2. The van der Waals surface area contributed by atoms with Crippen LogP contribution in [0.15, 0.2) is 30.3 Å². The zero-order valence-electron chi connectivity index (χ0n) is 7.29. The predicted molar refractivity (Wildman–Crippen MR) is 56.5 cm³/mol. The fraction of sp³-hybridized carbons (Fsp3) is 0.300. The Morgan fingerprint density at radius 1 is 1.23 bits per heavy atom. The van der Waals surface area contributed by atoms with Gasteiger partial charge in [-0.3, -0.25) is 5.41 Å². The van der Waals surface area contributed by atoms with E-state index in [1.54, 1.807) is 0 Å². The van der Waals surface area contributed by atoms with Gasteiger partial charge in [0.1, 0.15) is 5.84 Å². The summed E-state index contributed by atoms with van der Waals surface area (Å²) in [5.41, 5.74) is 6.64. The van der Waals surface area contributed by atoms with Crippen molar-refractivity contribution < 1.29 is 0 Å². The van der Waals surface area contributed by atoms with Crippen LogP contribution in [0, 0.1) is 5.41 Å². The fourth-order valence-electron chi connectivity index (χ4n) is 1.60. The van der Waals surface area contributed by atoms with Gasteiger partial charge in [0.05, 0.1) is 5.41 Å². The van der Waals surface area contributed by atoms with Crippen molar-refractivity contribution in [3.8, 4) is 0 Å². The normalized spacial score (nSPS) is 17.2. The lowest BCUT2D eigenvalue weighted by molar-refractivity contribution is 0.923. The third-order valence-electron chi connectivity index (χ3n) is 2.59. The SMILES string of the molecule is Cl.N=C(N)C1(c2ccccc2)CC1. The molecule has 3 N–H and O–H groups in total. The largest absolute Gasteiger partial charge is 0.387 e. The summed E-state index contributed by atoms with van der Waals surface area (Å²) in [7, 11) is 0. The fourth-order valence-corrected chi connectivity index (χ4v) is 1.60. The molecule has 0 heterocycles. The van der Waals surface area contributed by atoms with E-state index < -0.39 is 0 Å². The molecular weight excluding hydrogens is 184 g/mol. The Morgan fingerprint density at radius 2 is 1.77 bits per heavy atom. The van der Waals surface area contributed by atoms with Gasteiger partial charge in [-0.05, 0) is 18.4 Å². The predicted octanol–water partition coefficient (Wildman–Crippen LogP) is 2.08. The summed E-state index contributed by atoms with van der Waals surface area (Å²) in [6, 6.07) is 10.1. The van der Waals surface area contributed by atoms with Gasteiger partial charge >= 0.3 is 0 Å². The number of hydrogen-bond acceptors (Lipinski definition) is 1. The Morgan fingerprint density at radius 3 is 2.15 bits per heavy atom. The van der Waals surface area contributed by atoms with E-state index in [1.165, 1.54) is 5.56 Å². The zero-order chi connectivity index (χ0) is 8.60. The number of nitrogens with one attached hydrogen (secondary N) is 1. The van der Waals surface area contributed by atoms with Gasteiger partial charge in [-0.2, -0.15) is 0 Å². The molecule has 0 unspecified atom stereocenters. The molecule has 0 bridgehead atoms. The molecule has 1 aromatic rings. The minimum absolute atomic E-state index is 0. The van der Waals surface area contributed by atoms with Gasteiger partial charge in [0.2, 0.25) is 0 Å². The molecule has 13 heavy (non-hydrogen) atoms. The van der Waals surface area contributed by atoms with Gasteiger partial charge in [0.15, 0.2) is 0 Å². The summed E-state index contributed by atoms with van der Waals surface area (Å²) in [5, 5.41) is 7.47. The average Bonchev–Trinajstić information content (AvgIpc) is 2.86. The maximum Gasteiger partial charge on any atom is 0.101 e. The van der Waals surface area contributed by atoms with Crippen LogP contribution in [0.1, 0.15) is 18.4 Å². The standard InChI is InChI=1S/C10H12N2.ClH/c11-9(12)10(6-7-10)8-4-2-1-3-5-8;/h1-5H,6-7H2,(H3,11,12);1H. The van der Waals surface area contributed by atoms with Gasteiger partial charge in [0.25, 0.3) is 0 Å². The van der Waals surface area contributed by atoms with Gasteiger partial charge < -0.3 is 5.73 Å². The third kappa shape index (κ3) is 1.54. The summed E-state index contributed by atoms with van der Waals surface area (Å²) in [4.78, 5) is 0. The maximum absolute atomic E-state index is 7.47. The van der Waals surface area contributed by atoms with E-state index >= 15 is 0 Å². The Hall–Kier alpha value is -1.02. The van der Waals surface area contributed by atoms with Crippen molar-refractivity contribution in [3.63, 3.8) is 0 Å². The Kier molecular flexibility index (Phi) is 2.62. The van der Waals surface area contributed by atoms with Crippen LogP contribution in [0.5, 0.6) is 0 Å². The summed E-state index contributed by atoms with van der Waals surface area (Å²) in [6.07, 6.45) is 2.07. The first kappa shape index (κ1) is 10.1. The quantitative estimate of drug-likeness (QED) is 0.552. The molecular formula is C10H13ClN2. The second-order valence-electron chi connectivity index (χ2n) is 3.36. The Bertz CT molecular complexity index is 304. The zero-order valence-corrected chi connectivity index (χ0v) is 8.10. The molecule has 3 heteroatoms. The van der Waals surface area contributed by atoms with Crippen molar-refractivity contribution in [2.75, 3.05) is 0 Å². The molecule has 1 fully saturated rings. The van der Waals surface area contributed by atoms with E-state index in [0.29, 0.717) is 5.84 Å². The topological polar surface area (TPSA) is 49.9 Å². The highest BCUT2D eigenvalue weighted by molar-refractivity contribution is 5.92. The van der Waals surface area contributed by atoms with Gasteiger partial charge in [-0.25, -0.2) is 0 Å². The molecule has 0 aromatic heterocycles. The second-order valence-corrected chi connectivity index (χ2v) is 3.36. The molecule has 70 valence electrons. The van der Waals surface area contributed by atoms with Crippen LogP contribution in [0.2, 0.25) is 0 Å². The van der Waals surface area contributed by atoms with Gasteiger partial charge in [0, 0.05) is 0 Å². The summed E-state index contributed by atoms with van der Waals surface area (Å²) >= 11 is 0. The van der Waals surface area contributed by atoms with E-state index in [1.807, 2.05) is 18.2 Å². The number of nitrogens with two attached hydrogens (primary N) is 1. The molecule has 0 aliphatic heterocycles. The van der Waals surface area contributed by atoms with Gasteiger partial charge in [-0.1, -0.05) is 30.3 Å². The number of benzene rings is 1. The lowest BCUT2D eigenvalue weighted by atomic mass is 9.95. The molecule has 2 nitrogen and oxygen atoms in total. The molecule has 0 amide bonds. The molecule has 1 aromatic carbocycles. The molecule has 0 saturated heterocycles. The molecule has 1 saturated carbocycles. The Labute approximate surface area is 84.1 Å². The minimum atomic E-state index is -0.0960. The monoisotopic (exact) mass is 196 g/mol. The number of rotatable bonds is 2. The van der Waals surface area contributed by atoms with Crippen LogP contribution in [-0.2, 0) is 5.41 Å². The highest BCUT2D eigenvalue weighted by Gasteiger charge is 2.47. The number of amidine groups is 1. The minimum Gasteiger partial charge on any atom is -0.387 e. The lowest BCUT2D eigenvalue weighted by Crippen LogP contribution is -2.27. The van der Waals surface area contributed by atoms with Crippen LogP contribution in [0.3, 0.4) is 0 Å². The first-order chi connectivity index (χ1) is 5.76. The molecule has 0 radical (unpaired) electrons. The summed E-state index contributed by atoms with van der Waals surface area (Å²) in [5.74, 6) is 0.314. The van der Waals surface area contributed by atoms with Gasteiger partial charge in [-0.15, -0.1) is 12.4 Å². The first-order valence-electron chi connectivity index (χ1n) is 4.16. The first-order valence-corrected chi connectivity index (χ1v) is 4.16.